The second-order valence-electron chi connectivity index (χ2n) is 12.6. The van der Waals surface area contributed by atoms with Crippen molar-refractivity contribution >= 4 is 11.7 Å². The highest BCUT2D eigenvalue weighted by molar-refractivity contribution is 6.09. The normalized spacial score (nSPS) is 15.0. The third-order valence-corrected chi connectivity index (χ3v) is 8.81. The van der Waals surface area contributed by atoms with Crippen LogP contribution < -0.4 is 5.73 Å². The Balaban J connectivity index is 1.56. The van der Waals surface area contributed by atoms with E-state index in [1.807, 2.05) is 24.3 Å². The van der Waals surface area contributed by atoms with E-state index in [0.29, 0.717) is 17.0 Å². The number of hydrogen-bond acceptors (Lipinski definition) is 4. The quantitative estimate of drug-likeness (QED) is 0.123. The summed E-state index contributed by atoms with van der Waals surface area (Å²) in [5, 5.41) is 0. The van der Waals surface area contributed by atoms with Crippen molar-refractivity contribution in [2.45, 2.75) is 84.8 Å². The molecule has 1 fully saturated rings. The number of likely N-dealkylation sites (tertiary alicyclic amines) is 1. The first kappa shape index (κ1) is 33.5. The molecule has 1 heterocycles. The van der Waals surface area contributed by atoms with Crippen LogP contribution in [0.15, 0.2) is 60.7 Å². The summed E-state index contributed by atoms with van der Waals surface area (Å²) >= 11 is 0. The molecular formula is C37H47F2N3O2. The van der Waals surface area contributed by atoms with Crippen LogP contribution in [0.1, 0.15) is 108 Å². The van der Waals surface area contributed by atoms with Gasteiger partial charge in [-0.25, -0.2) is 8.78 Å². The average Bonchev–Trinajstić information content (AvgIpc) is 3.03. The van der Waals surface area contributed by atoms with E-state index in [2.05, 4.69) is 25.7 Å². The molecule has 1 atom stereocenters. The van der Waals surface area contributed by atoms with E-state index in [1.54, 1.807) is 29.2 Å². The molecule has 0 saturated carbocycles. The van der Waals surface area contributed by atoms with E-state index in [4.69, 9.17) is 5.73 Å². The minimum absolute atomic E-state index is 0.0389. The van der Waals surface area contributed by atoms with Gasteiger partial charge in [0, 0.05) is 30.3 Å². The van der Waals surface area contributed by atoms with Gasteiger partial charge in [0.1, 0.15) is 6.17 Å². The molecule has 1 amide bonds. The van der Waals surface area contributed by atoms with Gasteiger partial charge in [0.2, 0.25) is 0 Å². The highest BCUT2D eigenvalue weighted by Gasteiger charge is 2.33. The summed E-state index contributed by atoms with van der Waals surface area (Å²) in [4.78, 5) is 31.4. The highest BCUT2D eigenvalue weighted by atomic mass is 19.2. The number of unbranched alkanes of at least 4 members (excludes halogenated alkanes) is 2. The van der Waals surface area contributed by atoms with Crippen LogP contribution in [-0.2, 0) is 6.42 Å². The zero-order valence-electron chi connectivity index (χ0n) is 26.6. The number of aryl methyl sites for hydroxylation is 2. The van der Waals surface area contributed by atoms with Gasteiger partial charge in [-0.1, -0.05) is 76.1 Å². The van der Waals surface area contributed by atoms with Gasteiger partial charge in [0.15, 0.2) is 17.4 Å². The summed E-state index contributed by atoms with van der Waals surface area (Å²) in [6.45, 7) is 10.9. The van der Waals surface area contributed by atoms with Crippen molar-refractivity contribution < 1.29 is 18.4 Å². The number of carbonyl (C=O) groups is 2. The van der Waals surface area contributed by atoms with E-state index in [9.17, 15) is 18.4 Å². The van der Waals surface area contributed by atoms with Crippen LogP contribution in [0.5, 0.6) is 0 Å². The Morgan fingerprint density at radius 3 is 2.16 bits per heavy atom. The lowest BCUT2D eigenvalue weighted by Crippen LogP contribution is -2.51. The predicted octanol–water partition coefficient (Wildman–Crippen LogP) is 7.85. The molecule has 7 heteroatoms. The molecule has 0 aromatic heterocycles. The highest BCUT2D eigenvalue weighted by Crippen LogP contribution is 2.28. The summed E-state index contributed by atoms with van der Waals surface area (Å²) in [6, 6.07) is 17.1. The van der Waals surface area contributed by atoms with Crippen molar-refractivity contribution in [1.82, 2.24) is 9.80 Å². The monoisotopic (exact) mass is 603 g/mol. The molecule has 1 saturated heterocycles. The Labute approximate surface area is 261 Å². The van der Waals surface area contributed by atoms with Gasteiger partial charge >= 0.3 is 0 Å². The zero-order valence-corrected chi connectivity index (χ0v) is 26.6. The molecule has 0 radical (unpaired) electrons. The molecule has 1 unspecified atom stereocenters. The Kier molecular flexibility index (Phi) is 11.8. The molecule has 5 nitrogen and oxygen atoms in total. The van der Waals surface area contributed by atoms with E-state index >= 15 is 0 Å². The predicted molar refractivity (Wildman–Crippen MR) is 173 cm³/mol. The minimum Gasteiger partial charge on any atom is -0.316 e. The lowest BCUT2D eigenvalue weighted by Gasteiger charge is -2.41. The number of halogens is 2. The average molecular weight is 604 g/mol. The number of carbonyl (C=O) groups excluding carboxylic acids is 2. The zero-order chi connectivity index (χ0) is 31.8. The topological polar surface area (TPSA) is 66.6 Å². The van der Waals surface area contributed by atoms with Crippen LogP contribution in [0.25, 0.3) is 0 Å². The molecule has 0 bridgehead atoms. The molecule has 2 N–H and O–H groups in total. The molecule has 1 aliphatic heterocycles. The van der Waals surface area contributed by atoms with Crippen LogP contribution in [0.2, 0.25) is 0 Å². The number of nitrogens with zero attached hydrogens (tertiary/aromatic N) is 2. The SMILES string of the molecule is CCCCCc1ccc(C(=O)N(C2CCN(CCC(C)C)CC2)C(N)c2ccc(C(=O)c3ccc(C)c(F)c3F)cc2)cc1. The smallest absolute Gasteiger partial charge is 0.255 e. The summed E-state index contributed by atoms with van der Waals surface area (Å²) in [6.07, 6.45) is 6.50. The molecule has 236 valence electrons. The summed E-state index contributed by atoms with van der Waals surface area (Å²) < 4.78 is 28.7. The second kappa shape index (κ2) is 15.5. The van der Waals surface area contributed by atoms with Gasteiger partial charge in [0.05, 0.1) is 5.56 Å². The van der Waals surface area contributed by atoms with Crippen LogP contribution >= 0.6 is 0 Å². The number of ketones is 1. The van der Waals surface area contributed by atoms with Crippen molar-refractivity contribution in [2.75, 3.05) is 19.6 Å². The van der Waals surface area contributed by atoms with Gasteiger partial charge in [-0.3, -0.25) is 9.59 Å². The van der Waals surface area contributed by atoms with E-state index in [0.717, 1.165) is 58.2 Å². The lowest BCUT2D eigenvalue weighted by molar-refractivity contribution is 0.0437. The van der Waals surface area contributed by atoms with Crippen molar-refractivity contribution in [2.24, 2.45) is 11.7 Å². The first-order chi connectivity index (χ1) is 21.1. The molecule has 44 heavy (non-hydrogen) atoms. The van der Waals surface area contributed by atoms with E-state index in [1.165, 1.54) is 31.0 Å². The third kappa shape index (κ3) is 8.19. The van der Waals surface area contributed by atoms with Gasteiger partial charge in [-0.2, -0.15) is 0 Å². The van der Waals surface area contributed by atoms with Crippen LogP contribution in [0.4, 0.5) is 8.78 Å². The second-order valence-corrected chi connectivity index (χ2v) is 12.6. The van der Waals surface area contributed by atoms with Gasteiger partial charge in [0.25, 0.3) is 5.91 Å². The summed E-state index contributed by atoms with van der Waals surface area (Å²) in [7, 11) is 0. The Hall–Kier alpha value is -3.42. The Morgan fingerprint density at radius 1 is 0.909 bits per heavy atom. The number of amides is 1. The van der Waals surface area contributed by atoms with E-state index in [-0.39, 0.29) is 28.6 Å². The minimum atomic E-state index is -1.15. The van der Waals surface area contributed by atoms with E-state index < -0.39 is 23.6 Å². The fourth-order valence-corrected chi connectivity index (χ4v) is 5.89. The molecule has 0 spiro atoms. The maximum Gasteiger partial charge on any atom is 0.255 e. The number of nitrogens with two attached hydrogens (primary N) is 1. The molecular weight excluding hydrogens is 556 g/mol. The van der Waals surface area contributed by atoms with Crippen LogP contribution in [0.3, 0.4) is 0 Å². The molecule has 1 aliphatic rings. The number of hydrogen-bond donors (Lipinski definition) is 1. The lowest BCUT2D eigenvalue weighted by atomic mass is 9.96. The van der Waals surface area contributed by atoms with Crippen molar-refractivity contribution in [1.29, 1.82) is 0 Å². The molecule has 3 aromatic carbocycles. The van der Waals surface area contributed by atoms with Gasteiger partial charge in [-0.05, 0) is 86.4 Å². The molecule has 4 rings (SSSR count). The Morgan fingerprint density at radius 2 is 1.55 bits per heavy atom. The van der Waals surface area contributed by atoms with Crippen molar-refractivity contribution in [3.63, 3.8) is 0 Å². The maximum absolute atomic E-state index is 14.5. The van der Waals surface area contributed by atoms with Crippen LogP contribution in [-0.4, -0.2) is 47.2 Å². The largest absolute Gasteiger partial charge is 0.316 e. The first-order valence-electron chi connectivity index (χ1n) is 16.1. The fourth-order valence-electron chi connectivity index (χ4n) is 5.89. The van der Waals surface area contributed by atoms with Crippen molar-refractivity contribution in [3.8, 4) is 0 Å². The number of piperidine rings is 1. The Bertz CT molecular complexity index is 1400. The number of rotatable bonds is 13. The molecule has 0 aliphatic carbocycles. The molecule has 3 aromatic rings. The van der Waals surface area contributed by atoms with Gasteiger partial charge < -0.3 is 15.5 Å². The summed E-state index contributed by atoms with van der Waals surface area (Å²) in [5.41, 5.74) is 9.38. The van der Waals surface area contributed by atoms with Gasteiger partial charge in [-0.15, -0.1) is 0 Å². The fraction of sp³-hybridized carbons (Fsp3) is 0.459. The number of benzene rings is 3. The van der Waals surface area contributed by atoms with Crippen LogP contribution in [0, 0.1) is 24.5 Å². The maximum atomic E-state index is 14.5. The third-order valence-electron chi connectivity index (χ3n) is 8.81. The standard InChI is InChI=1S/C37H47F2N3O2/c1-5-6-7-8-27-10-12-30(13-11-27)37(44)42(31-20-23-41(24-21-31)22-19-25(2)3)36(40)29-16-14-28(15-17-29)35(43)32-18-9-26(4)33(38)34(32)39/h9-18,25,31,36H,5-8,19-24,40H2,1-4H3. The van der Waals surface area contributed by atoms with Crippen molar-refractivity contribution in [3.05, 3.63) is 106 Å². The summed E-state index contributed by atoms with van der Waals surface area (Å²) in [5.74, 6) is -2.25. The first-order valence-corrected chi connectivity index (χ1v) is 16.1.